The summed E-state index contributed by atoms with van der Waals surface area (Å²) in [6, 6.07) is 0. The molecule has 1 aromatic heterocycles. The van der Waals surface area contributed by atoms with Gasteiger partial charge in [0.25, 0.3) is 0 Å². The number of hydrogen-bond acceptors (Lipinski definition) is 4. The second-order valence-corrected chi connectivity index (χ2v) is 2.85. The summed E-state index contributed by atoms with van der Waals surface area (Å²) in [6.07, 6.45) is 0. The second kappa shape index (κ2) is 2.92. The largest absolute Gasteiger partial charge is 0.367 e. The molecule has 0 aliphatic rings. The van der Waals surface area contributed by atoms with Crippen molar-refractivity contribution in [2.75, 3.05) is 19.8 Å². The minimum atomic E-state index is 0.427. The Hall–Kier alpha value is -1.03. The number of nitrogens with zero attached hydrogens (tertiary/aromatic N) is 2. The molecule has 0 radical (unpaired) electrons. The number of anilines is 1. The SMILES string of the molecule is Cc1noc(N)c1CN(C)C. The average Bonchev–Trinajstić information content (AvgIpc) is 2.18. The lowest BCUT2D eigenvalue weighted by Gasteiger charge is -2.07. The number of hydrogen-bond donors (Lipinski definition) is 1. The van der Waals surface area contributed by atoms with Crippen LogP contribution in [0.15, 0.2) is 4.52 Å². The Kier molecular flexibility index (Phi) is 2.14. The highest BCUT2D eigenvalue weighted by Crippen LogP contribution is 2.16. The summed E-state index contributed by atoms with van der Waals surface area (Å²) in [5.74, 6) is 0.427. The molecule has 1 rings (SSSR count). The lowest BCUT2D eigenvalue weighted by atomic mass is 10.2. The normalized spacial score (nSPS) is 10.9. The molecule has 0 saturated heterocycles. The van der Waals surface area contributed by atoms with Crippen LogP contribution < -0.4 is 5.73 Å². The molecule has 2 N–H and O–H groups in total. The van der Waals surface area contributed by atoms with E-state index in [1.807, 2.05) is 25.9 Å². The Morgan fingerprint density at radius 3 is 2.55 bits per heavy atom. The van der Waals surface area contributed by atoms with Crippen LogP contribution in [0.1, 0.15) is 11.3 Å². The predicted octanol–water partition coefficient (Wildman–Crippen LogP) is 0.627. The van der Waals surface area contributed by atoms with Crippen molar-refractivity contribution in [3.63, 3.8) is 0 Å². The number of aryl methyl sites for hydroxylation is 1. The molecule has 4 heteroatoms. The maximum absolute atomic E-state index is 5.53. The third-order valence-electron chi connectivity index (χ3n) is 1.49. The quantitative estimate of drug-likeness (QED) is 0.680. The summed E-state index contributed by atoms with van der Waals surface area (Å²) < 4.78 is 4.80. The molecule has 1 aromatic rings. The predicted molar refractivity (Wildman–Crippen MR) is 43.0 cm³/mol. The summed E-state index contributed by atoms with van der Waals surface area (Å²) in [5.41, 5.74) is 7.39. The van der Waals surface area contributed by atoms with Crippen LogP contribution in [0, 0.1) is 6.92 Å². The molecule has 0 unspecified atom stereocenters. The van der Waals surface area contributed by atoms with E-state index >= 15 is 0 Å². The standard InChI is InChI=1S/C7H13N3O/c1-5-6(4-10(2)3)7(8)11-9-5/h4,8H2,1-3H3. The van der Waals surface area contributed by atoms with Crippen molar-refractivity contribution in [2.24, 2.45) is 0 Å². The number of nitrogen functional groups attached to an aromatic ring is 1. The van der Waals surface area contributed by atoms with Crippen LogP contribution in [0.5, 0.6) is 0 Å². The highest BCUT2D eigenvalue weighted by atomic mass is 16.5. The van der Waals surface area contributed by atoms with Crippen LogP contribution in [0.2, 0.25) is 0 Å². The van der Waals surface area contributed by atoms with Gasteiger partial charge in [-0.1, -0.05) is 5.16 Å². The summed E-state index contributed by atoms with van der Waals surface area (Å²) in [7, 11) is 3.96. The summed E-state index contributed by atoms with van der Waals surface area (Å²) in [5, 5.41) is 3.74. The van der Waals surface area contributed by atoms with Gasteiger partial charge in [0.15, 0.2) is 0 Å². The highest BCUT2D eigenvalue weighted by Gasteiger charge is 2.09. The van der Waals surface area contributed by atoms with E-state index in [1.54, 1.807) is 0 Å². The van der Waals surface area contributed by atoms with Gasteiger partial charge in [-0.25, -0.2) is 0 Å². The van der Waals surface area contributed by atoms with Crippen molar-refractivity contribution >= 4 is 5.88 Å². The summed E-state index contributed by atoms with van der Waals surface area (Å²) in [6.45, 7) is 2.67. The van der Waals surface area contributed by atoms with E-state index in [4.69, 9.17) is 10.3 Å². The van der Waals surface area contributed by atoms with Gasteiger partial charge in [-0.2, -0.15) is 0 Å². The van der Waals surface area contributed by atoms with Crippen molar-refractivity contribution in [3.05, 3.63) is 11.3 Å². The number of rotatable bonds is 2. The van der Waals surface area contributed by atoms with Gasteiger partial charge in [0, 0.05) is 6.54 Å². The molecule has 0 aliphatic carbocycles. The fourth-order valence-corrected chi connectivity index (χ4v) is 0.915. The van der Waals surface area contributed by atoms with Gasteiger partial charge in [0.1, 0.15) is 0 Å². The molecule has 0 atom stereocenters. The topological polar surface area (TPSA) is 55.3 Å². The van der Waals surface area contributed by atoms with Gasteiger partial charge in [0.05, 0.1) is 11.3 Å². The van der Waals surface area contributed by atoms with Crippen molar-refractivity contribution in [2.45, 2.75) is 13.5 Å². The molecule has 0 bridgehead atoms. The molecule has 0 amide bonds. The maximum atomic E-state index is 5.53. The third-order valence-corrected chi connectivity index (χ3v) is 1.49. The van der Waals surface area contributed by atoms with Crippen LogP contribution in [0.25, 0.3) is 0 Å². The smallest absolute Gasteiger partial charge is 0.226 e. The Balaban J connectivity index is 2.83. The monoisotopic (exact) mass is 155 g/mol. The van der Waals surface area contributed by atoms with Gasteiger partial charge in [-0.15, -0.1) is 0 Å². The van der Waals surface area contributed by atoms with Gasteiger partial charge in [-0.3, -0.25) is 0 Å². The van der Waals surface area contributed by atoms with Gasteiger partial charge in [-0.05, 0) is 21.0 Å². The minimum absolute atomic E-state index is 0.427. The summed E-state index contributed by atoms with van der Waals surface area (Å²) in [4.78, 5) is 2.02. The molecule has 62 valence electrons. The van der Waals surface area contributed by atoms with Gasteiger partial charge < -0.3 is 15.2 Å². The molecule has 0 aromatic carbocycles. The van der Waals surface area contributed by atoms with Crippen molar-refractivity contribution in [1.82, 2.24) is 10.1 Å². The molecule has 0 aliphatic heterocycles. The Morgan fingerprint density at radius 1 is 1.55 bits per heavy atom. The molecular weight excluding hydrogens is 142 g/mol. The molecule has 0 fully saturated rings. The minimum Gasteiger partial charge on any atom is -0.367 e. The summed E-state index contributed by atoms with van der Waals surface area (Å²) >= 11 is 0. The Bertz CT molecular complexity index is 222. The highest BCUT2D eigenvalue weighted by molar-refractivity contribution is 5.37. The zero-order chi connectivity index (χ0) is 8.43. The molecular formula is C7H13N3O. The van der Waals surface area contributed by atoms with Crippen LogP contribution in [-0.4, -0.2) is 24.2 Å². The Labute approximate surface area is 66.0 Å². The van der Waals surface area contributed by atoms with E-state index in [2.05, 4.69) is 5.16 Å². The van der Waals surface area contributed by atoms with Crippen LogP contribution in [-0.2, 0) is 6.54 Å². The zero-order valence-electron chi connectivity index (χ0n) is 7.09. The second-order valence-electron chi connectivity index (χ2n) is 2.85. The third kappa shape index (κ3) is 1.71. The van der Waals surface area contributed by atoms with Crippen molar-refractivity contribution in [1.29, 1.82) is 0 Å². The first kappa shape index (κ1) is 8.07. The average molecular weight is 155 g/mol. The van der Waals surface area contributed by atoms with Gasteiger partial charge >= 0.3 is 0 Å². The molecule has 1 heterocycles. The van der Waals surface area contributed by atoms with E-state index in [0.29, 0.717) is 5.88 Å². The van der Waals surface area contributed by atoms with Crippen LogP contribution in [0.3, 0.4) is 0 Å². The lowest BCUT2D eigenvalue weighted by molar-refractivity contribution is 0.399. The van der Waals surface area contributed by atoms with Crippen molar-refractivity contribution in [3.8, 4) is 0 Å². The lowest BCUT2D eigenvalue weighted by Crippen LogP contribution is -2.12. The fraction of sp³-hybridized carbons (Fsp3) is 0.571. The fourth-order valence-electron chi connectivity index (χ4n) is 0.915. The molecule has 11 heavy (non-hydrogen) atoms. The van der Waals surface area contributed by atoms with Crippen LogP contribution in [0.4, 0.5) is 5.88 Å². The van der Waals surface area contributed by atoms with E-state index in [0.717, 1.165) is 17.8 Å². The Morgan fingerprint density at radius 2 is 2.18 bits per heavy atom. The first-order valence-corrected chi connectivity index (χ1v) is 3.46. The first-order valence-electron chi connectivity index (χ1n) is 3.46. The van der Waals surface area contributed by atoms with Gasteiger partial charge in [0.2, 0.25) is 5.88 Å². The van der Waals surface area contributed by atoms with E-state index in [-0.39, 0.29) is 0 Å². The van der Waals surface area contributed by atoms with E-state index in [9.17, 15) is 0 Å². The molecule has 4 nitrogen and oxygen atoms in total. The van der Waals surface area contributed by atoms with Crippen LogP contribution >= 0.6 is 0 Å². The van der Waals surface area contributed by atoms with Crippen molar-refractivity contribution < 1.29 is 4.52 Å². The molecule has 0 spiro atoms. The van der Waals surface area contributed by atoms with E-state index in [1.165, 1.54) is 0 Å². The zero-order valence-corrected chi connectivity index (χ0v) is 7.09. The number of aromatic nitrogens is 1. The molecule has 0 saturated carbocycles. The first-order chi connectivity index (χ1) is 5.11. The van der Waals surface area contributed by atoms with E-state index < -0.39 is 0 Å². The number of nitrogens with two attached hydrogens (primary N) is 1. The maximum Gasteiger partial charge on any atom is 0.226 e.